The van der Waals surface area contributed by atoms with Gasteiger partial charge in [0, 0.05) is 42.2 Å². The van der Waals surface area contributed by atoms with Crippen LogP contribution in [0.1, 0.15) is 46.3 Å². The van der Waals surface area contributed by atoms with E-state index >= 15 is 0 Å². The fourth-order valence-corrected chi connectivity index (χ4v) is 3.32. The molecule has 0 radical (unpaired) electrons. The van der Waals surface area contributed by atoms with Crippen molar-refractivity contribution in [2.24, 2.45) is 12.8 Å². The molecule has 2 heterocycles. The summed E-state index contributed by atoms with van der Waals surface area (Å²) < 4.78 is 1.87. The van der Waals surface area contributed by atoms with Crippen molar-refractivity contribution in [1.29, 1.82) is 0 Å². The molecule has 0 spiro atoms. The number of hydrogen-bond acceptors (Lipinski definition) is 4. The van der Waals surface area contributed by atoms with E-state index in [1.54, 1.807) is 11.3 Å². The summed E-state index contributed by atoms with van der Waals surface area (Å²) in [5, 5.41) is 6.34. The van der Waals surface area contributed by atoms with Gasteiger partial charge in [-0.05, 0) is 19.0 Å². The van der Waals surface area contributed by atoms with Gasteiger partial charge in [0.25, 0.3) is 0 Å². The third kappa shape index (κ3) is 3.92. The van der Waals surface area contributed by atoms with Crippen molar-refractivity contribution in [3.8, 4) is 0 Å². The summed E-state index contributed by atoms with van der Waals surface area (Å²) in [5.41, 5.74) is 8.27. The Morgan fingerprint density at radius 1 is 1.48 bits per heavy atom. The Morgan fingerprint density at radius 3 is 2.76 bits per heavy atom. The van der Waals surface area contributed by atoms with Crippen LogP contribution in [-0.2, 0) is 20.1 Å². The second-order valence-corrected chi connectivity index (χ2v) is 6.70. The summed E-state index contributed by atoms with van der Waals surface area (Å²) >= 11 is 1.57. The van der Waals surface area contributed by atoms with Gasteiger partial charge < -0.3 is 5.73 Å². The van der Waals surface area contributed by atoms with Crippen molar-refractivity contribution in [1.82, 2.24) is 14.7 Å². The van der Waals surface area contributed by atoms with Crippen molar-refractivity contribution in [3.05, 3.63) is 39.3 Å². The highest BCUT2D eigenvalue weighted by Gasteiger charge is 2.14. The van der Waals surface area contributed by atoms with Gasteiger partial charge in [-0.3, -0.25) is 14.4 Å². The lowest BCUT2D eigenvalue weighted by molar-refractivity contribution is 0.100. The molecular formula is C15H22N4OS. The first kappa shape index (κ1) is 15.7. The normalized spacial score (nSPS) is 11.5. The molecule has 21 heavy (non-hydrogen) atoms. The summed E-state index contributed by atoms with van der Waals surface area (Å²) in [6, 6.07) is 1.87. The van der Waals surface area contributed by atoms with Crippen molar-refractivity contribution in [2.45, 2.75) is 32.9 Å². The Hall–Kier alpha value is -1.66. The average molecular weight is 306 g/mol. The minimum absolute atomic E-state index is 0.366. The number of aromatic nitrogens is 2. The van der Waals surface area contributed by atoms with E-state index in [0.717, 1.165) is 23.7 Å². The summed E-state index contributed by atoms with van der Waals surface area (Å²) in [4.78, 5) is 14.5. The highest BCUT2D eigenvalue weighted by Crippen LogP contribution is 2.21. The molecule has 5 nitrogen and oxygen atoms in total. The molecule has 0 aromatic carbocycles. The van der Waals surface area contributed by atoms with Gasteiger partial charge in [0.2, 0.25) is 5.91 Å². The predicted octanol–water partition coefficient (Wildman–Crippen LogP) is 2.34. The van der Waals surface area contributed by atoms with Crippen molar-refractivity contribution in [3.63, 3.8) is 0 Å². The summed E-state index contributed by atoms with van der Waals surface area (Å²) in [6.45, 7) is 5.95. The van der Waals surface area contributed by atoms with Crippen LogP contribution in [0.25, 0.3) is 0 Å². The summed E-state index contributed by atoms with van der Waals surface area (Å²) in [7, 11) is 4.02. The number of primary amides is 1. The molecule has 2 aromatic heterocycles. The lowest BCUT2D eigenvalue weighted by Gasteiger charge is -2.16. The molecule has 0 bridgehead atoms. The number of thiophene rings is 1. The first-order valence-corrected chi connectivity index (χ1v) is 7.83. The number of hydrogen-bond donors (Lipinski definition) is 1. The molecule has 0 unspecified atom stereocenters. The predicted molar refractivity (Wildman–Crippen MR) is 85.3 cm³/mol. The zero-order valence-electron chi connectivity index (χ0n) is 13.0. The van der Waals surface area contributed by atoms with E-state index in [4.69, 9.17) is 5.73 Å². The minimum Gasteiger partial charge on any atom is -0.366 e. The zero-order valence-corrected chi connectivity index (χ0v) is 13.8. The zero-order chi connectivity index (χ0) is 15.6. The van der Waals surface area contributed by atoms with Crippen LogP contribution < -0.4 is 5.73 Å². The van der Waals surface area contributed by atoms with E-state index in [0.29, 0.717) is 11.5 Å². The van der Waals surface area contributed by atoms with Gasteiger partial charge in [-0.2, -0.15) is 5.10 Å². The average Bonchev–Trinajstić information content (AvgIpc) is 2.96. The van der Waals surface area contributed by atoms with Gasteiger partial charge >= 0.3 is 0 Å². The third-order valence-corrected chi connectivity index (χ3v) is 4.21. The van der Waals surface area contributed by atoms with Crippen molar-refractivity contribution < 1.29 is 4.79 Å². The fourth-order valence-electron chi connectivity index (χ4n) is 2.37. The monoisotopic (exact) mass is 306 g/mol. The van der Waals surface area contributed by atoms with Crippen LogP contribution in [0.3, 0.4) is 0 Å². The lowest BCUT2D eigenvalue weighted by atomic mass is 10.1. The largest absolute Gasteiger partial charge is 0.366 e. The standard InChI is InChI=1S/C15H22N4OS/c1-10(2)14-12(7-19(4)17-14)6-18(3)8-13-5-11(9-21-13)15(16)20/h5,7,9-10H,6,8H2,1-4H3,(H2,16,20). The molecule has 0 saturated carbocycles. The molecular weight excluding hydrogens is 284 g/mol. The quantitative estimate of drug-likeness (QED) is 0.891. The maximum absolute atomic E-state index is 11.1. The Bertz CT molecular complexity index is 629. The Balaban J connectivity index is 2.04. The maximum Gasteiger partial charge on any atom is 0.249 e. The topological polar surface area (TPSA) is 64.2 Å². The van der Waals surface area contributed by atoms with E-state index in [2.05, 4.69) is 37.1 Å². The maximum atomic E-state index is 11.1. The van der Waals surface area contributed by atoms with Crippen LogP contribution >= 0.6 is 11.3 Å². The third-order valence-electron chi connectivity index (χ3n) is 3.29. The van der Waals surface area contributed by atoms with Gasteiger partial charge in [-0.15, -0.1) is 11.3 Å². The molecule has 2 N–H and O–H groups in total. The molecule has 6 heteroatoms. The van der Waals surface area contributed by atoms with E-state index in [-0.39, 0.29) is 5.91 Å². The van der Waals surface area contributed by atoms with Crippen LogP contribution in [0, 0.1) is 0 Å². The Kier molecular flexibility index (Phi) is 4.80. The number of amides is 1. The summed E-state index contributed by atoms with van der Waals surface area (Å²) in [6.07, 6.45) is 2.08. The van der Waals surface area contributed by atoms with Gasteiger partial charge in [-0.25, -0.2) is 0 Å². The molecule has 0 aliphatic heterocycles. The second kappa shape index (κ2) is 6.41. The minimum atomic E-state index is -0.366. The lowest BCUT2D eigenvalue weighted by Crippen LogP contribution is -2.17. The molecule has 1 amide bonds. The van der Waals surface area contributed by atoms with Crippen LogP contribution in [0.15, 0.2) is 17.6 Å². The van der Waals surface area contributed by atoms with Gasteiger partial charge in [-0.1, -0.05) is 13.8 Å². The highest BCUT2D eigenvalue weighted by molar-refractivity contribution is 7.10. The number of aryl methyl sites for hydroxylation is 1. The molecule has 0 aliphatic carbocycles. The van der Waals surface area contributed by atoms with E-state index in [9.17, 15) is 4.79 Å². The van der Waals surface area contributed by atoms with Gasteiger partial charge in [0.05, 0.1) is 11.3 Å². The van der Waals surface area contributed by atoms with E-state index < -0.39 is 0 Å². The first-order valence-electron chi connectivity index (χ1n) is 6.95. The van der Waals surface area contributed by atoms with Gasteiger partial charge in [0.1, 0.15) is 0 Å². The fraction of sp³-hybridized carbons (Fsp3) is 0.467. The molecule has 0 saturated heterocycles. The van der Waals surface area contributed by atoms with Crippen LogP contribution in [0.4, 0.5) is 0 Å². The van der Waals surface area contributed by atoms with Crippen LogP contribution in [0.2, 0.25) is 0 Å². The van der Waals surface area contributed by atoms with Crippen molar-refractivity contribution in [2.75, 3.05) is 7.05 Å². The summed E-state index contributed by atoms with van der Waals surface area (Å²) in [5.74, 6) is 0.0484. The molecule has 0 fully saturated rings. The Labute approximate surface area is 129 Å². The SMILES string of the molecule is CC(C)c1nn(C)cc1CN(C)Cc1cc(C(N)=O)cs1. The van der Waals surface area contributed by atoms with Gasteiger partial charge in [0.15, 0.2) is 0 Å². The van der Waals surface area contributed by atoms with E-state index in [1.165, 1.54) is 5.56 Å². The number of carbonyl (C=O) groups excluding carboxylic acids is 1. The van der Waals surface area contributed by atoms with Crippen molar-refractivity contribution >= 4 is 17.2 Å². The highest BCUT2D eigenvalue weighted by atomic mass is 32.1. The number of nitrogens with two attached hydrogens (primary N) is 1. The first-order chi connectivity index (χ1) is 9.86. The second-order valence-electron chi connectivity index (χ2n) is 5.71. The molecule has 0 atom stereocenters. The van der Waals surface area contributed by atoms with Crippen LogP contribution in [-0.4, -0.2) is 27.6 Å². The Morgan fingerprint density at radius 2 is 2.19 bits per heavy atom. The van der Waals surface area contributed by atoms with E-state index in [1.807, 2.05) is 23.2 Å². The smallest absolute Gasteiger partial charge is 0.249 e. The number of rotatable bonds is 6. The molecule has 2 aromatic rings. The molecule has 2 rings (SSSR count). The number of carbonyl (C=O) groups is 1. The number of nitrogens with zero attached hydrogens (tertiary/aromatic N) is 3. The van der Waals surface area contributed by atoms with Crippen LogP contribution in [0.5, 0.6) is 0 Å². The molecule has 0 aliphatic rings. The molecule has 114 valence electrons.